The molecule has 26 heavy (non-hydrogen) atoms. The van der Waals surface area contributed by atoms with E-state index in [-0.39, 0.29) is 5.91 Å². The van der Waals surface area contributed by atoms with E-state index in [0.717, 1.165) is 16.9 Å². The quantitative estimate of drug-likeness (QED) is 0.709. The summed E-state index contributed by atoms with van der Waals surface area (Å²) < 4.78 is 7.05. The van der Waals surface area contributed by atoms with Crippen LogP contribution in [-0.2, 0) is 4.74 Å². The first-order valence-electron chi connectivity index (χ1n) is 8.51. The first-order valence-corrected chi connectivity index (χ1v) is 8.88. The van der Waals surface area contributed by atoms with Gasteiger partial charge in [0.25, 0.3) is 5.91 Å². The van der Waals surface area contributed by atoms with Crippen molar-refractivity contribution >= 4 is 17.5 Å². The second-order valence-corrected chi connectivity index (χ2v) is 6.51. The predicted molar refractivity (Wildman–Crippen MR) is 101 cm³/mol. The maximum absolute atomic E-state index is 13.1. The number of aromatic nitrogens is 2. The fraction of sp³-hybridized carbons (Fsp3) is 0.200. The van der Waals surface area contributed by atoms with Gasteiger partial charge in [-0.25, -0.2) is 4.68 Å². The van der Waals surface area contributed by atoms with E-state index in [2.05, 4.69) is 0 Å². The Morgan fingerprint density at radius 3 is 2.38 bits per heavy atom. The van der Waals surface area contributed by atoms with Gasteiger partial charge in [0.15, 0.2) is 0 Å². The number of morpholine rings is 1. The van der Waals surface area contributed by atoms with Gasteiger partial charge < -0.3 is 9.64 Å². The van der Waals surface area contributed by atoms with Crippen molar-refractivity contribution in [3.05, 3.63) is 71.4 Å². The number of hydrogen-bond acceptors (Lipinski definition) is 3. The lowest BCUT2D eigenvalue weighted by Gasteiger charge is -2.26. The molecule has 1 fully saturated rings. The number of benzene rings is 2. The molecule has 2 aromatic carbocycles. The molecule has 0 atom stereocenters. The maximum atomic E-state index is 13.1. The first-order chi connectivity index (χ1) is 12.7. The number of carbonyl (C=O) groups is 1. The summed E-state index contributed by atoms with van der Waals surface area (Å²) in [5.74, 6) is -0.0436. The van der Waals surface area contributed by atoms with Crippen molar-refractivity contribution in [3.63, 3.8) is 0 Å². The summed E-state index contributed by atoms with van der Waals surface area (Å²) >= 11 is 6.01. The summed E-state index contributed by atoms with van der Waals surface area (Å²) in [6.07, 6.45) is 0. The first kappa shape index (κ1) is 16.8. The largest absolute Gasteiger partial charge is 0.378 e. The Kier molecular flexibility index (Phi) is 4.73. The maximum Gasteiger partial charge on any atom is 0.272 e. The monoisotopic (exact) mass is 367 g/mol. The third-order valence-electron chi connectivity index (χ3n) is 4.37. The molecule has 0 unspecified atom stereocenters. The SMILES string of the molecule is O=C(c1cc(-c2ccccc2)nn1-c1ccc(Cl)cc1)N1CCOCC1. The molecule has 6 heteroatoms. The molecule has 0 saturated carbocycles. The minimum absolute atomic E-state index is 0.0436. The van der Waals surface area contributed by atoms with E-state index in [1.54, 1.807) is 16.8 Å². The van der Waals surface area contributed by atoms with E-state index < -0.39 is 0 Å². The Labute approximate surface area is 156 Å². The standard InChI is InChI=1S/C20H18ClN3O2/c21-16-6-8-17(9-7-16)24-19(20(25)23-10-12-26-13-11-23)14-18(22-24)15-4-2-1-3-5-15/h1-9,14H,10-13H2. The molecule has 1 aromatic heterocycles. The van der Waals surface area contributed by atoms with Crippen LogP contribution in [0.4, 0.5) is 0 Å². The molecular weight excluding hydrogens is 350 g/mol. The number of hydrogen-bond donors (Lipinski definition) is 0. The Morgan fingerprint density at radius 1 is 1.00 bits per heavy atom. The Hall–Kier alpha value is -2.63. The molecule has 1 aliphatic heterocycles. The molecule has 3 aromatic rings. The fourth-order valence-corrected chi connectivity index (χ4v) is 3.12. The molecule has 0 N–H and O–H groups in total. The normalized spacial score (nSPS) is 14.4. The van der Waals surface area contributed by atoms with Crippen LogP contribution in [0.25, 0.3) is 16.9 Å². The average molecular weight is 368 g/mol. The smallest absolute Gasteiger partial charge is 0.272 e. The van der Waals surface area contributed by atoms with Crippen LogP contribution in [0.2, 0.25) is 5.02 Å². The van der Waals surface area contributed by atoms with Crippen molar-refractivity contribution in [2.24, 2.45) is 0 Å². The number of carbonyl (C=O) groups excluding carboxylic acids is 1. The Morgan fingerprint density at radius 2 is 1.69 bits per heavy atom. The topological polar surface area (TPSA) is 47.4 Å². The number of nitrogens with zero attached hydrogens (tertiary/aromatic N) is 3. The summed E-state index contributed by atoms with van der Waals surface area (Å²) in [4.78, 5) is 14.9. The predicted octanol–water partition coefficient (Wildman–Crippen LogP) is 3.67. The minimum Gasteiger partial charge on any atom is -0.378 e. The lowest BCUT2D eigenvalue weighted by Crippen LogP contribution is -2.41. The van der Waals surface area contributed by atoms with Crippen LogP contribution in [0.15, 0.2) is 60.7 Å². The highest BCUT2D eigenvalue weighted by atomic mass is 35.5. The molecule has 0 radical (unpaired) electrons. The van der Waals surface area contributed by atoms with Crippen LogP contribution in [-0.4, -0.2) is 46.9 Å². The van der Waals surface area contributed by atoms with Crippen LogP contribution >= 0.6 is 11.6 Å². The van der Waals surface area contributed by atoms with Gasteiger partial charge in [-0.1, -0.05) is 41.9 Å². The van der Waals surface area contributed by atoms with Crippen LogP contribution in [0.1, 0.15) is 10.5 Å². The van der Waals surface area contributed by atoms with Gasteiger partial charge in [0, 0.05) is 23.7 Å². The van der Waals surface area contributed by atoms with Crippen molar-refractivity contribution in [2.75, 3.05) is 26.3 Å². The lowest BCUT2D eigenvalue weighted by molar-refractivity contribution is 0.0297. The highest BCUT2D eigenvalue weighted by Gasteiger charge is 2.24. The van der Waals surface area contributed by atoms with Crippen molar-refractivity contribution < 1.29 is 9.53 Å². The van der Waals surface area contributed by atoms with Crippen LogP contribution in [0, 0.1) is 0 Å². The Bertz CT molecular complexity index is 901. The molecule has 1 amide bonds. The zero-order valence-corrected chi connectivity index (χ0v) is 14.9. The van der Waals surface area contributed by atoms with Gasteiger partial charge in [-0.3, -0.25) is 4.79 Å². The average Bonchev–Trinajstić information content (AvgIpc) is 3.15. The molecule has 1 saturated heterocycles. The van der Waals surface area contributed by atoms with E-state index in [0.29, 0.717) is 37.0 Å². The van der Waals surface area contributed by atoms with Crippen molar-refractivity contribution in [2.45, 2.75) is 0 Å². The van der Waals surface area contributed by atoms with Gasteiger partial charge in [0.1, 0.15) is 5.69 Å². The third kappa shape index (κ3) is 3.36. The molecular formula is C20H18ClN3O2. The van der Waals surface area contributed by atoms with Crippen molar-refractivity contribution in [1.29, 1.82) is 0 Å². The molecule has 1 aliphatic rings. The highest BCUT2D eigenvalue weighted by molar-refractivity contribution is 6.30. The van der Waals surface area contributed by atoms with Crippen LogP contribution in [0.3, 0.4) is 0 Å². The highest BCUT2D eigenvalue weighted by Crippen LogP contribution is 2.23. The minimum atomic E-state index is -0.0436. The number of halogens is 1. The molecule has 132 valence electrons. The number of amides is 1. The zero-order valence-electron chi connectivity index (χ0n) is 14.1. The summed E-state index contributed by atoms with van der Waals surface area (Å²) in [7, 11) is 0. The summed E-state index contributed by atoms with van der Waals surface area (Å²) in [5, 5.41) is 5.33. The molecule has 0 aliphatic carbocycles. The van der Waals surface area contributed by atoms with Crippen molar-refractivity contribution in [1.82, 2.24) is 14.7 Å². The fourth-order valence-electron chi connectivity index (χ4n) is 2.99. The van der Waals surface area contributed by atoms with Gasteiger partial charge in [0.05, 0.1) is 24.6 Å². The van der Waals surface area contributed by atoms with Crippen molar-refractivity contribution in [3.8, 4) is 16.9 Å². The molecule has 2 heterocycles. The van der Waals surface area contributed by atoms with E-state index in [4.69, 9.17) is 21.4 Å². The molecule has 0 spiro atoms. The second-order valence-electron chi connectivity index (χ2n) is 6.07. The number of ether oxygens (including phenoxy) is 1. The van der Waals surface area contributed by atoms with E-state index in [1.165, 1.54) is 0 Å². The van der Waals surface area contributed by atoms with Gasteiger partial charge in [-0.15, -0.1) is 0 Å². The van der Waals surface area contributed by atoms with E-state index in [9.17, 15) is 4.79 Å². The van der Waals surface area contributed by atoms with Gasteiger partial charge in [0.2, 0.25) is 0 Å². The second kappa shape index (κ2) is 7.32. The van der Waals surface area contributed by atoms with Crippen LogP contribution in [0.5, 0.6) is 0 Å². The summed E-state index contributed by atoms with van der Waals surface area (Å²) in [6, 6.07) is 19.0. The van der Waals surface area contributed by atoms with E-state index in [1.807, 2.05) is 53.4 Å². The third-order valence-corrected chi connectivity index (χ3v) is 4.62. The van der Waals surface area contributed by atoms with Crippen LogP contribution < -0.4 is 0 Å². The Balaban J connectivity index is 1.78. The lowest BCUT2D eigenvalue weighted by atomic mass is 10.1. The van der Waals surface area contributed by atoms with Gasteiger partial charge >= 0.3 is 0 Å². The molecule has 5 nitrogen and oxygen atoms in total. The summed E-state index contributed by atoms with van der Waals surface area (Å²) in [5.41, 5.74) is 3.06. The summed E-state index contributed by atoms with van der Waals surface area (Å²) in [6.45, 7) is 2.30. The van der Waals surface area contributed by atoms with Gasteiger partial charge in [-0.2, -0.15) is 5.10 Å². The van der Waals surface area contributed by atoms with E-state index >= 15 is 0 Å². The zero-order chi connectivity index (χ0) is 17.9. The number of rotatable bonds is 3. The molecule has 4 rings (SSSR count). The van der Waals surface area contributed by atoms with Gasteiger partial charge in [-0.05, 0) is 30.3 Å². The molecule has 0 bridgehead atoms.